The maximum Gasteiger partial charge on any atom is 0.246 e. The first-order valence-corrected chi connectivity index (χ1v) is 9.95. The van der Waals surface area contributed by atoms with Gasteiger partial charge in [-0.1, -0.05) is 80.0 Å². The van der Waals surface area contributed by atoms with Gasteiger partial charge in [-0.2, -0.15) is 4.98 Å². The minimum Gasteiger partial charge on any atom is -0.337 e. The molecule has 1 amide bonds. The molecule has 5 nitrogen and oxygen atoms in total. The lowest BCUT2D eigenvalue weighted by Gasteiger charge is -2.19. The summed E-state index contributed by atoms with van der Waals surface area (Å²) in [6.07, 6.45) is 1.16. The van der Waals surface area contributed by atoms with Crippen LogP contribution >= 0.6 is 0 Å². The topological polar surface area (TPSA) is 59.2 Å². The van der Waals surface area contributed by atoms with E-state index in [2.05, 4.69) is 55.2 Å². The van der Waals surface area contributed by atoms with Gasteiger partial charge in [0, 0.05) is 19.0 Å². The lowest BCUT2D eigenvalue weighted by Crippen LogP contribution is -2.26. The summed E-state index contributed by atoms with van der Waals surface area (Å²) < 4.78 is 5.32. The number of hydrogen-bond donors (Lipinski definition) is 0. The first-order valence-electron chi connectivity index (χ1n) is 9.95. The van der Waals surface area contributed by atoms with E-state index in [0.29, 0.717) is 31.1 Å². The summed E-state index contributed by atoms with van der Waals surface area (Å²) in [6.45, 7) is 8.93. The van der Waals surface area contributed by atoms with Crippen LogP contribution in [0.2, 0.25) is 0 Å². The van der Waals surface area contributed by atoms with Gasteiger partial charge >= 0.3 is 0 Å². The normalized spacial score (nSPS) is 11.5. The molecule has 0 fully saturated rings. The summed E-state index contributed by atoms with van der Waals surface area (Å²) in [7, 11) is 1.76. The highest BCUT2D eigenvalue weighted by Crippen LogP contribution is 2.22. The van der Waals surface area contributed by atoms with E-state index in [1.807, 2.05) is 31.2 Å². The first kappa shape index (κ1) is 20.8. The summed E-state index contributed by atoms with van der Waals surface area (Å²) in [4.78, 5) is 18.5. The molecule has 0 saturated heterocycles. The van der Waals surface area contributed by atoms with Crippen molar-refractivity contribution < 1.29 is 9.32 Å². The van der Waals surface area contributed by atoms with Crippen LogP contribution in [0.5, 0.6) is 0 Å². The van der Waals surface area contributed by atoms with Crippen LogP contribution in [0.15, 0.2) is 53.1 Å². The van der Waals surface area contributed by atoms with Crippen molar-refractivity contribution in [2.75, 3.05) is 7.05 Å². The predicted octanol–water partition coefficient (Wildman–Crippen LogP) is 4.93. The predicted molar refractivity (Wildman–Crippen MR) is 114 cm³/mol. The van der Waals surface area contributed by atoms with E-state index in [1.165, 1.54) is 16.7 Å². The molecule has 0 aliphatic heterocycles. The molecule has 29 heavy (non-hydrogen) atoms. The second-order valence-electron chi connectivity index (χ2n) is 8.57. The molecule has 0 atom stereocenters. The third-order valence-electron chi connectivity index (χ3n) is 5.02. The monoisotopic (exact) mass is 391 g/mol. The highest BCUT2D eigenvalue weighted by molar-refractivity contribution is 5.76. The molecule has 0 unspecified atom stereocenters. The summed E-state index contributed by atoms with van der Waals surface area (Å²) in [5, 5.41) is 4.03. The van der Waals surface area contributed by atoms with Crippen LogP contribution in [0.3, 0.4) is 0 Å². The Kier molecular flexibility index (Phi) is 6.16. The molecular formula is C24H29N3O2. The van der Waals surface area contributed by atoms with Crippen LogP contribution in [-0.2, 0) is 23.2 Å². The van der Waals surface area contributed by atoms with Crippen LogP contribution in [0.25, 0.3) is 11.4 Å². The van der Waals surface area contributed by atoms with E-state index in [0.717, 1.165) is 5.56 Å². The molecule has 0 saturated carbocycles. The number of aryl methyl sites for hydroxylation is 2. The van der Waals surface area contributed by atoms with Gasteiger partial charge in [-0.25, -0.2) is 0 Å². The molecule has 2 aromatic carbocycles. The SMILES string of the molecule is Cc1ccc(-c2noc(CN(C)C(=O)CCc3ccc(C(C)(C)C)cc3)n2)cc1. The number of rotatable bonds is 6. The smallest absolute Gasteiger partial charge is 0.246 e. The fraction of sp³-hybridized carbons (Fsp3) is 0.375. The zero-order valence-corrected chi connectivity index (χ0v) is 17.9. The van der Waals surface area contributed by atoms with Gasteiger partial charge in [0.05, 0.1) is 6.54 Å². The van der Waals surface area contributed by atoms with Crippen LogP contribution < -0.4 is 0 Å². The van der Waals surface area contributed by atoms with Gasteiger partial charge in [0.15, 0.2) is 0 Å². The fourth-order valence-electron chi connectivity index (χ4n) is 3.04. The molecule has 1 heterocycles. The standard InChI is InChI=1S/C24H29N3O2/c1-17-6-11-19(12-7-17)23-25-21(29-26-23)16-27(5)22(28)15-10-18-8-13-20(14-9-18)24(2,3)4/h6-9,11-14H,10,15-16H2,1-5H3. The Bertz CT molecular complexity index is 951. The minimum absolute atomic E-state index is 0.0555. The summed E-state index contributed by atoms with van der Waals surface area (Å²) >= 11 is 0. The van der Waals surface area contributed by atoms with Crippen molar-refractivity contribution in [3.8, 4) is 11.4 Å². The highest BCUT2D eigenvalue weighted by Gasteiger charge is 2.16. The molecule has 5 heteroatoms. The lowest BCUT2D eigenvalue weighted by molar-refractivity contribution is -0.130. The van der Waals surface area contributed by atoms with Gasteiger partial charge in [-0.3, -0.25) is 4.79 Å². The lowest BCUT2D eigenvalue weighted by atomic mass is 9.86. The molecule has 0 spiro atoms. The third kappa shape index (κ3) is 5.53. The van der Waals surface area contributed by atoms with Crippen molar-refractivity contribution in [2.45, 2.75) is 52.5 Å². The van der Waals surface area contributed by atoms with Gasteiger partial charge in [-0.15, -0.1) is 0 Å². The quantitative estimate of drug-likeness (QED) is 0.597. The molecule has 3 rings (SSSR count). The van der Waals surface area contributed by atoms with Crippen LogP contribution in [0, 0.1) is 6.92 Å². The average Bonchev–Trinajstić information content (AvgIpc) is 3.14. The number of aromatic nitrogens is 2. The fourth-order valence-corrected chi connectivity index (χ4v) is 3.04. The largest absolute Gasteiger partial charge is 0.337 e. The van der Waals surface area contributed by atoms with Crippen molar-refractivity contribution in [1.82, 2.24) is 15.0 Å². The Balaban J connectivity index is 1.53. The molecule has 3 aromatic rings. The molecule has 152 valence electrons. The van der Waals surface area contributed by atoms with Crippen LogP contribution in [-0.4, -0.2) is 28.0 Å². The Morgan fingerprint density at radius 2 is 1.69 bits per heavy atom. The van der Waals surface area contributed by atoms with E-state index in [9.17, 15) is 4.79 Å². The maximum atomic E-state index is 12.5. The van der Waals surface area contributed by atoms with Crippen molar-refractivity contribution in [2.24, 2.45) is 0 Å². The number of nitrogens with zero attached hydrogens (tertiary/aromatic N) is 3. The molecule has 1 aromatic heterocycles. The second-order valence-corrected chi connectivity index (χ2v) is 8.57. The van der Waals surface area contributed by atoms with E-state index in [-0.39, 0.29) is 11.3 Å². The first-order chi connectivity index (χ1) is 13.7. The van der Waals surface area contributed by atoms with Crippen LogP contribution in [0.4, 0.5) is 0 Å². The molecule has 0 bridgehead atoms. The summed E-state index contributed by atoms with van der Waals surface area (Å²) in [6, 6.07) is 16.5. The van der Waals surface area contributed by atoms with Crippen molar-refractivity contribution in [3.05, 3.63) is 71.1 Å². The van der Waals surface area contributed by atoms with Gasteiger partial charge in [0.2, 0.25) is 17.6 Å². The molecule has 0 aliphatic rings. The van der Waals surface area contributed by atoms with Gasteiger partial charge < -0.3 is 9.42 Å². The van der Waals surface area contributed by atoms with Gasteiger partial charge in [-0.05, 0) is 29.9 Å². The van der Waals surface area contributed by atoms with E-state index >= 15 is 0 Å². The molecule has 0 aliphatic carbocycles. The van der Waals surface area contributed by atoms with E-state index < -0.39 is 0 Å². The maximum absolute atomic E-state index is 12.5. The van der Waals surface area contributed by atoms with Crippen LogP contribution in [0.1, 0.15) is 49.8 Å². The average molecular weight is 392 g/mol. The Hall–Kier alpha value is -2.95. The molecular weight excluding hydrogens is 362 g/mol. The molecule has 0 N–H and O–H groups in total. The van der Waals surface area contributed by atoms with Crippen molar-refractivity contribution in [1.29, 1.82) is 0 Å². The summed E-state index contributed by atoms with van der Waals surface area (Å²) in [5.74, 6) is 1.03. The second kappa shape index (κ2) is 8.60. The number of benzene rings is 2. The zero-order chi connectivity index (χ0) is 21.0. The van der Waals surface area contributed by atoms with E-state index in [1.54, 1.807) is 11.9 Å². The van der Waals surface area contributed by atoms with E-state index in [4.69, 9.17) is 4.52 Å². The summed E-state index contributed by atoms with van der Waals surface area (Å²) in [5.41, 5.74) is 4.68. The Morgan fingerprint density at radius 1 is 1.03 bits per heavy atom. The van der Waals surface area contributed by atoms with Gasteiger partial charge in [0.25, 0.3) is 0 Å². The van der Waals surface area contributed by atoms with Crippen molar-refractivity contribution in [3.63, 3.8) is 0 Å². The molecule has 0 radical (unpaired) electrons. The zero-order valence-electron chi connectivity index (χ0n) is 17.9. The Labute approximate surface area is 172 Å². The van der Waals surface area contributed by atoms with Gasteiger partial charge in [0.1, 0.15) is 0 Å². The Morgan fingerprint density at radius 3 is 2.31 bits per heavy atom. The third-order valence-corrected chi connectivity index (χ3v) is 5.02. The van der Waals surface area contributed by atoms with Crippen molar-refractivity contribution >= 4 is 5.91 Å². The number of amides is 1. The minimum atomic E-state index is 0.0555. The highest BCUT2D eigenvalue weighted by atomic mass is 16.5. The number of hydrogen-bond acceptors (Lipinski definition) is 4. The number of carbonyl (C=O) groups excluding carboxylic acids is 1. The number of carbonyl (C=O) groups is 1.